The van der Waals surface area contributed by atoms with E-state index >= 15 is 0 Å². The summed E-state index contributed by atoms with van der Waals surface area (Å²) in [5.41, 5.74) is 3.13. The van der Waals surface area contributed by atoms with E-state index in [4.69, 9.17) is 0 Å². The molecule has 1 rings (SSSR count). The highest BCUT2D eigenvalue weighted by atomic mass is 14.9. The first-order valence-corrected chi connectivity index (χ1v) is 6.26. The van der Waals surface area contributed by atoms with Gasteiger partial charge in [-0.3, -0.25) is 0 Å². The van der Waals surface area contributed by atoms with E-state index in [9.17, 15) is 0 Å². The fourth-order valence-electron chi connectivity index (χ4n) is 2.20. The molecule has 1 heteroatoms. The second-order valence-corrected chi connectivity index (χ2v) is 5.33. The molecular formula is C15H25N. The Kier molecular flexibility index (Phi) is 4.55. The van der Waals surface area contributed by atoms with Crippen LogP contribution in [0.25, 0.3) is 0 Å². The van der Waals surface area contributed by atoms with Crippen molar-refractivity contribution in [2.24, 2.45) is 0 Å². The van der Waals surface area contributed by atoms with E-state index in [-0.39, 0.29) is 5.41 Å². The first-order valence-electron chi connectivity index (χ1n) is 6.26. The summed E-state index contributed by atoms with van der Waals surface area (Å²) in [5.74, 6) is 0. The Bertz CT molecular complexity index is 328. The molecular weight excluding hydrogens is 194 g/mol. The molecule has 1 N–H and O–H groups in total. The predicted molar refractivity (Wildman–Crippen MR) is 72.0 cm³/mol. The van der Waals surface area contributed by atoms with E-state index in [1.165, 1.54) is 11.1 Å². The van der Waals surface area contributed by atoms with Crippen LogP contribution in [0, 0.1) is 0 Å². The van der Waals surface area contributed by atoms with Crippen molar-refractivity contribution in [3.8, 4) is 0 Å². The lowest BCUT2D eigenvalue weighted by Crippen LogP contribution is -2.30. The molecule has 0 amide bonds. The predicted octanol–water partition coefficient (Wildman–Crippen LogP) is 3.52. The molecule has 0 radical (unpaired) electrons. The van der Waals surface area contributed by atoms with Crippen LogP contribution in [0.4, 0.5) is 0 Å². The van der Waals surface area contributed by atoms with Crippen LogP contribution < -0.4 is 5.32 Å². The number of hydrogen-bond donors (Lipinski definition) is 1. The Morgan fingerprint density at radius 2 is 2.00 bits per heavy atom. The molecule has 0 spiro atoms. The van der Waals surface area contributed by atoms with E-state index in [0.717, 1.165) is 12.8 Å². The molecule has 0 aliphatic carbocycles. The van der Waals surface area contributed by atoms with Gasteiger partial charge in [0.15, 0.2) is 0 Å². The van der Waals surface area contributed by atoms with Crippen molar-refractivity contribution in [2.75, 3.05) is 7.05 Å². The van der Waals surface area contributed by atoms with Crippen LogP contribution in [0.3, 0.4) is 0 Å². The van der Waals surface area contributed by atoms with Gasteiger partial charge in [0.25, 0.3) is 0 Å². The number of aryl methyl sites for hydroxylation is 1. The Morgan fingerprint density at radius 1 is 1.31 bits per heavy atom. The summed E-state index contributed by atoms with van der Waals surface area (Å²) in [5, 5.41) is 3.32. The van der Waals surface area contributed by atoms with Crippen LogP contribution in [0.5, 0.6) is 0 Å². The van der Waals surface area contributed by atoms with Crippen LogP contribution >= 0.6 is 0 Å². The Hall–Kier alpha value is -0.820. The van der Waals surface area contributed by atoms with E-state index < -0.39 is 0 Å². The first kappa shape index (κ1) is 13.2. The SMILES string of the molecule is CCc1cccc(C(C)(C)CC(C)NC)c1. The zero-order valence-corrected chi connectivity index (χ0v) is 11.3. The largest absolute Gasteiger partial charge is 0.317 e. The van der Waals surface area contributed by atoms with Gasteiger partial charge in [0.05, 0.1) is 0 Å². The van der Waals surface area contributed by atoms with Crippen LogP contribution in [0.1, 0.15) is 45.2 Å². The maximum absolute atomic E-state index is 3.32. The summed E-state index contributed by atoms with van der Waals surface area (Å²) in [7, 11) is 2.03. The summed E-state index contributed by atoms with van der Waals surface area (Å²) >= 11 is 0. The normalized spacial score (nSPS) is 13.8. The third-order valence-electron chi connectivity index (χ3n) is 3.43. The molecule has 90 valence electrons. The first-order chi connectivity index (χ1) is 7.49. The molecule has 0 saturated carbocycles. The molecule has 1 aromatic carbocycles. The lowest BCUT2D eigenvalue weighted by Gasteiger charge is -2.29. The topological polar surface area (TPSA) is 12.0 Å². The van der Waals surface area contributed by atoms with Crippen LogP contribution in [-0.4, -0.2) is 13.1 Å². The zero-order chi connectivity index (χ0) is 12.2. The van der Waals surface area contributed by atoms with Gasteiger partial charge in [0.1, 0.15) is 0 Å². The minimum absolute atomic E-state index is 0.244. The summed E-state index contributed by atoms with van der Waals surface area (Å²) in [6.07, 6.45) is 2.28. The summed E-state index contributed by atoms with van der Waals surface area (Å²) in [6.45, 7) is 9.11. The number of benzene rings is 1. The summed E-state index contributed by atoms with van der Waals surface area (Å²) in [6, 6.07) is 9.55. The van der Waals surface area contributed by atoms with Crippen molar-refractivity contribution < 1.29 is 0 Å². The van der Waals surface area contributed by atoms with Crippen molar-refractivity contribution >= 4 is 0 Å². The molecule has 0 aliphatic heterocycles. The minimum atomic E-state index is 0.244. The second-order valence-electron chi connectivity index (χ2n) is 5.33. The highest BCUT2D eigenvalue weighted by Gasteiger charge is 2.22. The van der Waals surface area contributed by atoms with E-state index in [0.29, 0.717) is 6.04 Å². The molecule has 0 heterocycles. The van der Waals surface area contributed by atoms with Gasteiger partial charge in [-0.15, -0.1) is 0 Å². The van der Waals surface area contributed by atoms with Gasteiger partial charge in [-0.1, -0.05) is 45.0 Å². The van der Waals surface area contributed by atoms with E-state index in [2.05, 4.69) is 57.3 Å². The minimum Gasteiger partial charge on any atom is -0.317 e. The monoisotopic (exact) mass is 219 g/mol. The number of rotatable bonds is 5. The molecule has 0 aromatic heterocycles. The molecule has 1 unspecified atom stereocenters. The molecule has 16 heavy (non-hydrogen) atoms. The van der Waals surface area contributed by atoms with Crippen LogP contribution in [-0.2, 0) is 11.8 Å². The fraction of sp³-hybridized carbons (Fsp3) is 0.600. The molecule has 0 fully saturated rings. The van der Waals surface area contributed by atoms with Crippen LogP contribution in [0.2, 0.25) is 0 Å². The lowest BCUT2D eigenvalue weighted by molar-refractivity contribution is 0.405. The van der Waals surface area contributed by atoms with Gasteiger partial charge < -0.3 is 5.32 Å². The van der Waals surface area contributed by atoms with Crippen molar-refractivity contribution in [3.63, 3.8) is 0 Å². The molecule has 0 bridgehead atoms. The standard InChI is InChI=1S/C15H25N/c1-6-13-8-7-9-14(10-13)15(3,4)11-12(2)16-5/h7-10,12,16H,6,11H2,1-5H3. The summed E-state index contributed by atoms with van der Waals surface area (Å²) < 4.78 is 0. The van der Waals surface area contributed by atoms with Gasteiger partial charge >= 0.3 is 0 Å². The van der Waals surface area contributed by atoms with Crippen LogP contribution in [0.15, 0.2) is 24.3 Å². The van der Waals surface area contributed by atoms with Gasteiger partial charge in [-0.25, -0.2) is 0 Å². The number of hydrogen-bond acceptors (Lipinski definition) is 1. The van der Waals surface area contributed by atoms with Gasteiger partial charge in [-0.2, -0.15) is 0 Å². The van der Waals surface area contributed by atoms with Crippen molar-refractivity contribution in [1.82, 2.24) is 5.32 Å². The average Bonchev–Trinajstić information content (AvgIpc) is 2.28. The summed E-state index contributed by atoms with van der Waals surface area (Å²) in [4.78, 5) is 0. The third kappa shape index (κ3) is 3.34. The van der Waals surface area contributed by atoms with E-state index in [1.807, 2.05) is 7.05 Å². The number of nitrogens with one attached hydrogen (secondary N) is 1. The Balaban J connectivity index is 2.88. The Labute approximate surface area is 100 Å². The fourth-order valence-corrected chi connectivity index (χ4v) is 2.20. The van der Waals surface area contributed by atoms with Crippen molar-refractivity contribution in [3.05, 3.63) is 35.4 Å². The average molecular weight is 219 g/mol. The quantitative estimate of drug-likeness (QED) is 0.799. The lowest BCUT2D eigenvalue weighted by atomic mass is 9.79. The van der Waals surface area contributed by atoms with E-state index in [1.54, 1.807) is 0 Å². The molecule has 1 atom stereocenters. The molecule has 0 aliphatic rings. The highest BCUT2D eigenvalue weighted by molar-refractivity contribution is 5.29. The highest BCUT2D eigenvalue weighted by Crippen LogP contribution is 2.29. The van der Waals surface area contributed by atoms with Gasteiger partial charge in [0.2, 0.25) is 0 Å². The Morgan fingerprint density at radius 3 is 2.56 bits per heavy atom. The smallest absolute Gasteiger partial charge is 0.00440 e. The third-order valence-corrected chi connectivity index (χ3v) is 3.43. The van der Waals surface area contributed by atoms with Crippen molar-refractivity contribution in [2.45, 2.75) is 52.0 Å². The maximum Gasteiger partial charge on any atom is 0.00440 e. The second kappa shape index (κ2) is 5.49. The maximum atomic E-state index is 3.32. The molecule has 1 aromatic rings. The molecule has 1 nitrogen and oxygen atoms in total. The zero-order valence-electron chi connectivity index (χ0n) is 11.3. The van der Waals surface area contributed by atoms with Crippen molar-refractivity contribution in [1.29, 1.82) is 0 Å². The van der Waals surface area contributed by atoms with Gasteiger partial charge in [-0.05, 0) is 43.4 Å². The molecule has 0 saturated heterocycles. The van der Waals surface area contributed by atoms with Gasteiger partial charge in [0, 0.05) is 6.04 Å².